The number of rotatable bonds is 5. The summed E-state index contributed by atoms with van der Waals surface area (Å²) in [6, 6.07) is 3.72. The largest absolute Gasteiger partial charge is 0.464 e. The minimum Gasteiger partial charge on any atom is -0.464 e. The molecule has 0 saturated heterocycles. The van der Waals surface area contributed by atoms with Crippen molar-refractivity contribution < 1.29 is 13.7 Å². The molecule has 4 rings (SSSR count). The van der Waals surface area contributed by atoms with Crippen molar-refractivity contribution in [2.24, 2.45) is 0 Å². The Morgan fingerprint density at radius 1 is 1.33 bits per heavy atom. The lowest BCUT2D eigenvalue weighted by molar-refractivity contribution is 0.0942. The molecule has 0 radical (unpaired) electrons. The van der Waals surface area contributed by atoms with Crippen molar-refractivity contribution in [2.45, 2.75) is 32.2 Å². The number of hydrogen-bond acceptors (Lipinski definition) is 5. The Hall–Kier alpha value is -2.83. The first-order chi connectivity index (χ1) is 11.8. The van der Waals surface area contributed by atoms with Gasteiger partial charge in [-0.25, -0.2) is 0 Å². The SMILES string of the molecule is O=C(NCCn1cc(-c2ccco2)cn1)c1noc2c1CCCC2. The third-order valence-electron chi connectivity index (χ3n) is 4.23. The van der Waals surface area contributed by atoms with Crippen LogP contribution in [0.15, 0.2) is 39.7 Å². The van der Waals surface area contributed by atoms with Crippen LogP contribution in [-0.4, -0.2) is 27.4 Å². The molecule has 0 atom stereocenters. The maximum absolute atomic E-state index is 12.3. The van der Waals surface area contributed by atoms with Crippen molar-refractivity contribution in [1.82, 2.24) is 20.3 Å². The molecule has 3 aromatic heterocycles. The second kappa shape index (κ2) is 6.35. The number of aromatic nitrogens is 3. The Morgan fingerprint density at radius 2 is 2.25 bits per heavy atom. The lowest BCUT2D eigenvalue weighted by Gasteiger charge is -2.09. The molecule has 7 nitrogen and oxygen atoms in total. The highest BCUT2D eigenvalue weighted by molar-refractivity contribution is 5.93. The van der Waals surface area contributed by atoms with Crippen molar-refractivity contribution in [3.8, 4) is 11.3 Å². The fourth-order valence-corrected chi connectivity index (χ4v) is 2.99. The van der Waals surface area contributed by atoms with Gasteiger partial charge in [-0.1, -0.05) is 5.16 Å². The first kappa shape index (κ1) is 14.7. The summed E-state index contributed by atoms with van der Waals surface area (Å²) in [5.74, 6) is 1.46. The molecule has 0 spiro atoms. The van der Waals surface area contributed by atoms with Gasteiger partial charge in [0.2, 0.25) is 0 Å². The summed E-state index contributed by atoms with van der Waals surface area (Å²) in [5.41, 5.74) is 2.32. The van der Waals surface area contributed by atoms with Crippen molar-refractivity contribution in [3.63, 3.8) is 0 Å². The van der Waals surface area contributed by atoms with Gasteiger partial charge in [0, 0.05) is 24.7 Å². The minimum atomic E-state index is -0.180. The molecule has 3 aromatic rings. The zero-order chi connectivity index (χ0) is 16.4. The van der Waals surface area contributed by atoms with Crippen molar-refractivity contribution in [3.05, 3.63) is 47.8 Å². The molecular weight excluding hydrogens is 308 g/mol. The molecule has 0 saturated carbocycles. The number of furan rings is 1. The summed E-state index contributed by atoms with van der Waals surface area (Å²) in [5, 5.41) is 11.1. The van der Waals surface area contributed by atoms with E-state index in [1.807, 2.05) is 18.3 Å². The van der Waals surface area contributed by atoms with E-state index in [0.717, 1.165) is 48.3 Å². The Labute approximate surface area is 138 Å². The Kier molecular flexibility index (Phi) is 3.90. The summed E-state index contributed by atoms with van der Waals surface area (Å²) in [7, 11) is 0. The number of nitrogens with zero attached hydrogens (tertiary/aromatic N) is 3. The van der Waals surface area contributed by atoms with Crippen LogP contribution in [0.1, 0.15) is 34.7 Å². The summed E-state index contributed by atoms with van der Waals surface area (Å²) in [4.78, 5) is 12.3. The summed E-state index contributed by atoms with van der Waals surface area (Å²) in [6.07, 6.45) is 9.19. The van der Waals surface area contributed by atoms with Gasteiger partial charge in [-0.2, -0.15) is 5.10 Å². The quantitative estimate of drug-likeness (QED) is 0.778. The zero-order valence-corrected chi connectivity index (χ0v) is 13.2. The van der Waals surface area contributed by atoms with Crippen LogP contribution >= 0.6 is 0 Å². The molecule has 0 aromatic carbocycles. The third kappa shape index (κ3) is 2.84. The molecule has 1 amide bonds. The predicted molar refractivity (Wildman–Crippen MR) is 85.4 cm³/mol. The van der Waals surface area contributed by atoms with E-state index in [-0.39, 0.29) is 5.91 Å². The monoisotopic (exact) mass is 326 g/mol. The maximum Gasteiger partial charge on any atom is 0.273 e. The number of aryl methyl sites for hydroxylation is 1. The number of amides is 1. The molecule has 7 heteroatoms. The van der Waals surface area contributed by atoms with Crippen LogP contribution in [0, 0.1) is 0 Å². The Bertz CT molecular complexity index is 832. The van der Waals surface area contributed by atoms with Gasteiger partial charge in [-0.3, -0.25) is 9.48 Å². The van der Waals surface area contributed by atoms with Crippen LogP contribution in [-0.2, 0) is 19.4 Å². The molecule has 1 aliphatic rings. The fraction of sp³-hybridized carbons (Fsp3) is 0.353. The van der Waals surface area contributed by atoms with E-state index in [1.54, 1.807) is 17.1 Å². The van der Waals surface area contributed by atoms with E-state index in [2.05, 4.69) is 15.6 Å². The molecule has 0 fully saturated rings. The van der Waals surface area contributed by atoms with Gasteiger partial charge in [-0.05, 0) is 31.4 Å². The third-order valence-corrected chi connectivity index (χ3v) is 4.23. The topological polar surface area (TPSA) is 86.1 Å². The average Bonchev–Trinajstić information content (AvgIpc) is 3.34. The number of hydrogen-bond donors (Lipinski definition) is 1. The highest BCUT2D eigenvalue weighted by Gasteiger charge is 2.23. The number of fused-ring (bicyclic) bond motifs is 1. The maximum atomic E-state index is 12.3. The summed E-state index contributed by atoms with van der Waals surface area (Å²) < 4.78 is 12.4. The Balaban J connectivity index is 1.34. The number of nitrogens with one attached hydrogen (secondary N) is 1. The highest BCUT2D eigenvalue weighted by Crippen LogP contribution is 2.24. The smallest absolute Gasteiger partial charge is 0.273 e. The van der Waals surface area contributed by atoms with E-state index in [9.17, 15) is 4.79 Å². The van der Waals surface area contributed by atoms with Crippen LogP contribution < -0.4 is 5.32 Å². The van der Waals surface area contributed by atoms with Crippen molar-refractivity contribution in [2.75, 3.05) is 6.54 Å². The van der Waals surface area contributed by atoms with E-state index in [0.29, 0.717) is 18.8 Å². The Morgan fingerprint density at radius 3 is 3.12 bits per heavy atom. The molecule has 1 N–H and O–H groups in total. The van der Waals surface area contributed by atoms with Gasteiger partial charge in [-0.15, -0.1) is 0 Å². The van der Waals surface area contributed by atoms with Gasteiger partial charge in [0.1, 0.15) is 11.5 Å². The van der Waals surface area contributed by atoms with Crippen molar-refractivity contribution in [1.29, 1.82) is 0 Å². The van der Waals surface area contributed by atoms with Crippen LogP contribution in [0.4, 0.5) is 0 Å². The lowest BCUT2D eigenvalue weighted by atomic mass is 9.96. The first-order valence-corrected chi connectivity index (χ1v) is 8.13. The predicted octanol–water partition coefficient (Wildman–Crippen LogP) is 2.44. The van der Waals surface area contributed by atoms with Crippen LogP contribution in [0.5, 0.6) is 0 Å². The minimum absolute atomic E-state index is 0.180. The van der Waals surface area contributed by atoms with Crippen LogP contribution in [0.25, 0.3) is 11.3 Å². The highest BCUT2D eigenvalue weighted by atomic mass is 16.5. The van der Waals surface area contributed by atoms with E-state index in [4.69, 9.17) is 8.94 Å². The second-order valence-electron chi connectivity index (χ2n) is 5.87. The molecule has 0 unspecified atom stereocenters. The first-order valence-electron chi connectivity index (χ1n) is 8.13. The van der Waals surface area contributed by atoms with Gasteiger partial charge >= 0.3 is 0 Å². The normalized spacial score (nSPS) is 13.7. The average molecular weight is 326 g/mol. The molecule has 0 bridgehead atoms. The number of carbonyl (C=O) groups is 1. The molecular formula is C17H18N4O3. The molecule has 1 aliphatic carbocycles. The molecule has 0 aliphatic heterocycles. The summed E-state index contributed by atoms with van der Waals surface area (Å²) >= 11 is 0. The summed E-state index contributed by atoms with van der Waals surface area (Å²) in [6.45, 7) is 1.05. The van der Waals surface area contributed by atoms with Gasteiger partial charge in [0.05, 0.1) is 24.6 Å². The lowest BCUT2D eigenvalue weighted by Crippen LogP contribution is -2.28. The number of carbonyl (C=O) groups excluding carboxylic acids is 1. The van der Waals surface area contributed by atoms with Crippen LogP contribution in [0.3, 0.4) is 0 Å². The van der Waals surface area contributed by atoms with E-state index < -0.39 is 0 Å². The molecule has 3 heterocycles. The molecule has 24 heavy (non-hydrogen) atoms. The fourth-order valence-electron chi connectivity index (χ4n) is 2.99. The van der Waals surface area contributed by atoms with E-state index in [1.165, 1.54) is 0 Å². The zero-order valence-electron chi connectivity index (χ0n) is 13.2. The van der Waals surface area contributed by atoms with E-state index >= 15 is 0 Å². The van der Waals surface area contributed by atoms with Crippen molar-refractivity contribution >= 4 is 5.91 Å². The second-order valence-corrected chi connectivity index (χ2v) is 5.87. The van der Waals surface area contributed by atoms with Gasteiger partial charge < -0.3 is 14.3 Å². The van der Waals surface area contributed by atoms with Crippen LogP contribution in [0.2, 0.25) is 0 Å². The van der Waals surface area contributed by atoms with Gasteiger partial charge in [0.15, 0.2) is 5.69 Å². The standard InChI is InChI=1S/C17H18N4O3/c22-17(16-13-4-1-2-5-15(13)24-20-16)18-7-8-21-11-12(10-19-21)14-6-3-9-23-14/h3,6,9-11H,1-2,4-5,7-8H2,(H,18,22). The molecule has 124 valence electrons. The van der Waals surface area contributed by atoms with Gasteiger partial charge in [0.25, 0.3) is 5.91 Å².